The Morgan fingerprint density at radius 1 is 1.19 bits per heavy atom. The predicted molar refractivity (Wildman–Crippen MR) is 85.5 cm³/mol. The van der Waals surface area contributed by atoms with Crippen molar-refractivity contribution in [1.29, 1.82) is 0 Å². The molecule has 0 saturated carbocycles. The summed E-state index contributed by atoms with van der Waals surface area (Å²) in [5.41, 5.74) is 2.94. The number of hydrogen-bond acceptors (Lipinski definition) is 2. The standard InChI is InChI=1S/C18H17ClO2/c1-14-12-17(9-10-18(14)19)21-13-16-8-3-2-6-15(16)7-4-5-11-20/h2-3,6,8-10,12,20H,5,11,13H2,1H3. The van der Waals surface area contributed by atoms with Crippen LogP contribution in [0.2, 0.25) is 5.02 Å². The predicted octanol–water partition coefficient (Wildman–Crippen LogP) is 3.96. The quantitative estimate of drug-likeness (QED) is 0.866. The molecule has 108 valence electrons. The Balaban J connectivity index is 2.09. The third kappa shape index (κ3) is 4.53. The molecule has 0 unspecified atom stereocenters. The molecule has 0 aliphatic carbocycles. The third-order valence-corrected chi connectivity index (χ3v) is 3.43. The van der Waals surface area contributed by atoms with Gasteiger partial charge in [0.15, 0.2) is 0 Å². The molecule has 0 heterocycles. The van der Waals surface area contributed by atoms with E-state index in [-0.39, 0.29) is 6.61 Å². The van der Waals surface area contributed by atoms with Gasteiger partial charge in [0.1, 0.15) is 12.4 Å². The number of halogens is 1. The monoisotopic (exact) mass is 300 g/mol. The van der Waals surface area contributed by atoms with Gasteiger partial charge in [-0.05, 0) is 36.8 Å². The molecule has 0 spiro atoms. The minimum absolute atomic E-state index is 0.0791. The molecule has 0 amide bonds. The normalized spacial score (nSPS) is 9.86. The fraction of sp³-hybridized carbons (Fsp3) is 0.222. The first-order valence-corrected chi connectivity index (χ1v) is 7.15. The SMILES string of the molecule is Cc1cc(OCc2ccccc2C#CCCO)ccc1Cl. The minimum atomic E-state index is 0.0791. The Labute approximate surface area is 130 Å². The van der Waals surface area contributed by atoms with Crippen molar-refractivity contribution in [1.82, 2.24) is 0 Å². The van der Waals surface area contributed by atoms with E-state index in [1.807, 2.05) is 49.4 Å². The molecule has 2 aromatic carbocycles. The van der Waals surface area contributed by atoms with Crippen LogP contribution in [0.25, 0.3) is 0 Å². The van der Waals surface area contributed by atoms with Crippen LogP contribution in [0.3, 0.4) is 0 Å². The maximum atomic E-state index is 8.78. The molecule has 0 aromatic heterocycles. The van der Waals surface area contributed by atoms with Gasteiger partial charge in [0.05, 0.1) is 6.61 Å². The lowest BCUT2D eigenvalue weighted by atomic mass is 10.1. The summed E-state index contributed by atoms with van der Waals surface area (Å²) >= 11 is 6.00. The topological polar surface area (TPSA) is 29.5 Å². The molecule has 0 saturated heterocycles. The zero-order valence-corrected chi connectivity index (χ0v) is 12.7. The number of rotatable bonds is 4. The van der Waals surface area contributed by atoms with Gasteiger partial charge in [-0.15, -0.1) is 0 Å². The number of aliphatic hydroxyl groups is 1. The summed E-state index contributed by atoms with van der Waals surface area (Å²) in [4.78, 5) is 0. The van der Waals surface area contributed by atoms with Gasteiger partial charge in [-0.25, -0.2) is 0 Å². The van der Waals surface area contributed by atoms with E-state index in [0.29, 0.717) is 13.0 Å². The fourth-order valence-electron chi connectivity index (χ4n) is 1.85. The van der Waals surface area contributed by atoms with E-state index in [0.717, 1.165) is 27.5 Å². The van der Waals surface area contributed by atoms with Crippen molar-refractivity contribution in [2.75, 3.05) is 6.61 Å². The maximum absolute atomic E-state index is 8.78. The summed E-state index contributed by atoms with van der Waals surface area (Å²) in [6.07, 6.45) is 0.478. The van der Waals surface area contributed by atoms with E-state index in [1.54, 1.807) is 0 Å². The van der Waals surface area contributed by atoms with Crippen LogP contribution in [-0.2, 0) is 6.61 Å². The minimum Gasteiger partial charge on any atom is -0.489 e. The van der Waals surface area contributed by atoms with Crippen molar-refractivity contribution < 1.29 is 9.84 Å². The molecule has 0 aliphatic rings. The Morgan fingerprint density at radius 3 is 2.76 bits per heavy atom. The second kappa shape index (κ2) is 7.73. The summed E-state index contributed by atoms with van der Waals surface area (Å²) < 4.78 is 5.80. The van der Waals surface area contributed by atoms with Gasteiger partial charge in [-0.2, -0.15) is 0 Å². The van der Waals surface area contributed by atoms with Crippen molar-refractivity contribution in [3.63, 3.8) is 0 Å². The van der Waals surface area contributed by atoms with E-state index < -0.39 is 0 Å². The van der Waals surface area contributed by atoms with Crippen molar-refractivity contribution in [3.05, 3.63) is 64.2 Å². The van der Waals surface area contributed by atoms with E-state index in [9.17, 15) is 0 Å². The van der Waals surface area contributed by atoms with Crippen LogP contribution in [0.4, 0.5) is 0 Å². The van der Waals surface area contributed by atoms with Crippen molar-refractivity contribution in [2.45, 2.75) is 20.0 Å². The molecule has 0 aliphatic heterocycles. The highest BCUT2D eigenvalue weighted by atomic mass is 35.5. The third-order valence-electron chi connectivity index (χ3n) is 3.00. The van der Waals surface area contributed by atoms with E-state index in [2.05, 4.69) is 11.8 Å². The van der Waals surface area contributed by atoms with Crippen LogP contribution in [0.15, 0.2) is 42.5 Å². The molecule has 0 radical (unpaired) electrons. The summed E-state index contributed by atoms with van der Waals surface area (Å²) in [5.74, 6) is 6.78. The Morgan fingerprint density at radius 2 is 2.00 bits per heavy atom. The highest BCUT2D eigenvalue weighted by Crippen LogP contribution is 2.22. The molecule has 1 N–H and O–H groups in total. The number of aliphatic hydroxyl groups excluding tert-OH is 1. The first-order chi connectivity index (χ1) is 10.2. The summed E-state index contributed by atoms with van der Waals surface area (Å²) in [5, 5.41) is 9.51. The zero-order chi connectivity index (χ0) is 15.1. The lowest BCUT2D eigenvalue weighted by Crippen LogP contribution is -1.98. The van der Waals surface area contributed by atoms with Gasteiger partial charge in [0.25, 0.3) is 0 Å². The fourth-order valence-corrected chi connectivity index (χ4v) is 1.97. The van der Waals surface area contributed by atoms with Gasteiger partial charge < -0.3 is 9.84 Å². The lowest BCUT2D eigenvalue weighted by molar-refractivity contribution is 0.305. The number of hydrogen-bond donors (Lipinski definition) is 1. The molecule has 0 atom stereocenters. The Hall–Kier alpha value is -1.95. The molecular weight excluding hydrogens is 284 g/mol. The Bertz CT molecular complexity index is 668. The van der Waals surface area contributed by atoms with Crippen molar-refractivity contribution >= 4 is 11.6 Å². The molecule has 3 heteroatoms. The molecule has 2 aromatic rings. The van der Waals surface area contributed by atoms with Crippen molar-refractivity contribution in [2.24, 2.45) is 0 Å². The Kier molecular flexibility index (Phi) is 5.68. The smallest absolute Gasteiger partial charge is 0.120 e. The van der Waals surface area contributed by atoms with Gasteiger partial charge in [0, 0.05) is 22.6 Å². The second-order valence-corrected chi connectivity index (χ2v) is 5.04. The average Bonchev–Trinajstić information content (AvgIpc) is 2.50. The zero-order valence-electron chi connectivity index (χ0n) is 11.9. The summed E-state index contributed by atoms with van der Waals surface area (Å²) in [6, 6.07) is 13.5. The second-order valence-electron chi connectivity index (χ2n) is 4.63. The number of benzene rings is 2. The molecule has 0 bridgehead atoms. The van der Waals surface area contributed by atoms with E-state index >= 15 is 0 Å². The molecule has 21 heavy (non-hydrogen) atoms. The first-order valence-electron chi connectivity index (χ1n) is 6.77. The number of ether oxygens (including phenoxy) is 1. The molecule has 0 fully saturated rings. The summed E-state index contributed by atoms with van der Waals surface area (Å²) in [7, 11) is 0. The van der Waals surface area contributed by atoms with Crippen LogP contribution in [0.1, 0.15) is 23.1 Å². The van der Waals surface area contributed by atoms with Gasteiger partial charge in [0.2, 0.25) is 0 Å². The van der Waals surface area contributed by atoms with Crippen LogP contribution >= 0.6 is 11.6 Å². The molecular formula is C18H17ClO2. The number of aryl methyl sites for hydroxylation is 1. The maximum Gasteiger partial charge on any atom is 0.120 e. The van der Waals surface area contributed by atoms with E-state index in [1.165, 1.54) is 0 Å². The highest BCUT2D eigenvalue weighted by molar-refractivity contribution is 6.31. The van der Waals surface area contributed by atoms with E-state index in [4.69, 9.17) is 21.4 Å². The van der Waals surface area contributed by atoms with Crippen LogP contribution < -0.4 is 4.74 Å². The van der Waals surface area contributed by atoms with Gasteiger partial charge in [-0.3, -0.25) is 0 Å². The first kappa shape index (κ1) is 15.4. The average molecular weight is 301 g/mol. The lowest BCUT2D eigenvalue weighted by Gasteiger charge is -2.09. The molecule has 2 rings (SSSR count). The van der Waals surface area contributed by atoms with Crippen LogP contribution in [0, 0.1) is 18.8 Å². The van der Waals surface area contributed by atoms with Crippen LogP contribution in [-0.4, -0.2) is 11.7 Å². The summed E-state index contributed by atoms with van der Waals surface area (Å²) in [6.45, 7) is 2.48. The molecule has 2 nitrogen and oxygen atoms in total. The van der Waals surface area contributed by atoms with Crippen molar-refractivity contribution in [3.8, 4) is 17.6 Å². The highest BCUT2D eigenvalue weighted by Gasteiger charge is 2.02. The van der Waals surface area contributed by atoms with Gasteiger partial charge in [-0.1, -0.05) is 41.6 Å². The van der Waals surface area contributed by atoms with Crippen LogP contribution in [0.5, 0.6) is 5.75 Å². The van der Waals surface area contributed by atoms with Gasteiger partial charge >= 0.3 is 0 Å². The largest absolute Gasteiger partial charge is 0.489 e.